The Bertz CT molecular complexity index is 1080. The summed E-state index contributed by atoms with van der Waals surface area (Å²) < 4.78 is 11.0. The lowest BCUT2D eigenvalue weighted by Gasteiger charge is -2.13. The highest BCUT2D eigenvalue weighted by Crippen LogP contribution is 2.20. The Morgan fingerprint density at radius 3 is 2.70 bits per heavy atom. The Morgan fingerprint density at radius 2 is 2.11 bits per heavy atom. The van der Waals surface area contributed by atoms with E-state index in [9.17, 15) is 14.7 Å². The number of aliphatic hydroxyl groups is 1. The molecule has 0 spiro atoms. The van der Waals surface area contributed by atoms with Crippen LogP contribution in [0.15, 0.2) is 47.5 Å². The second kappa shape index (κ2) is 7.73. The number of rotatable bonds is 5. The quantitative estimate of drug-likeness (QED) is 0.687. The van der Waals surface area contributed by atoms with Crippen molar-refractivity contribution in [3.8, 4) is 16.9 Å². The smallest absolute Gasteiger partial charge is 0.284 e. The van der Waals surface area contributed by atoms with E-state index in [2.05, 4.69) is 15.5 Å². The molecule has 3 aromatic rings. The lowest BCUT2D eigenvalue weighted by atomic mass is 10.1. The molecule has 1 aromatic carbocycles. The monoisotopic (exact) mass is 388 g/mol. The van der Waals surface area contributed by atoms with Gasteiger partial charge in [-0.15, -0.1) is 0 Å². The van der Waals surface area contributed by atoms with Crippen LogP contribution in [0.2, 0.25) is 5.02 Å². The van der Waals surface area contributed by atoms with Gasteiger partial charge in [0.05, 0.1) is 26.1 Å². The van der Waals surface area contributed by atoms with E-state index in [0.29, 0.717) is 16.3 Å². The van der Waals surface area contributed by atoms with E-state index < -0.39 is 17.5 Å². The topological polar surface area (TPSA) is 102 Å². The fourth-order valence-electron chi connectivity index (χ4n) is 2.37. The molecule has 0 radical (unpaired) electrons. The van der Waals surface area contributed by atoms with Crippen molar-refractivity contribution in [2.75, 3.05) is 6.61 Å². The second-order valence-electron chi connectivity index (χ2n) is 6.00. The minimum atomic E-state index is -0.758. The Labute approximate surface area is 161 Å². The maximum absolute atomic E-state index is 12.9. The van der Waals surface area contributed by atoms with Crippen LogP contribution in [0, 0.1) is 0 Å². The van der Waals surface area contributed by atoms with Gasteiger partial charge in [0, 0.05) is 23.7 Å². The SMILES string of the molecule is [2H]c1c(-c2ccc(Cl)cc2)nn(-c2cnn(C)c2)c(=O)c1C(=O)N[C@@H](C)CO. The van der Waals surface area contributed by atoms with Gasteiger partial charge in [-0.2, -0.15) is 14.9 Å². The Balaban J connectivity index is 2.25. The highest BCUT2D eigenvalue weighted by molar-refractivity contribution is 6.30. The number of halogens is 1. The molecule has 2 N–H and O–H groups in total. The molecule has 0 aliphatic carbocycles. The summed E-state index contributed by atoms with van der Waals surface area (Å²) in [6.07, 6.45) is 3.00. The number of carbonyl (C=O) groups excluding carboxylic acids is 1. The van der Waals surface area contributed by atoms with Gasteiger partial charge in [-0.05, 0) is 25.1 Å². The summed E-state index contributed by atoms with van der Waals surface area (Å²) in [5, 5.41) is 20.5. The van der Waals surface area contributed by atoms with Crippen LogP contribution in [0.5, 0.6) is 0 Å². The first-order chi connectivity index (χ1) is 13.3. The highest BCUT2D eigenvalue weighted by Gasteiger charge is 2.19. The summed E-state index contributed by atoms with van der Waals surface area (Å²) in [4.78, 5) is 25.6. The third-order valence-corrected chi connectivity index (χ3v) is 4.03. The molecule has 0 unspecified atom stereocenters. The van der Waals surface area contributed by atoms with Crippen molar-refractivity contribution in [1.29, 1.82) is 0 Å². The predicted molar refractivity (Wildman–Crippen MR) is 101 cm³/mol. The molecule has 2 heterocycles. The standard InChI is InChI=1S/C18H18ClN5O3/c1-11(10-25)21-17(26)15-7-16(12-3-5-13(19)6-4-12)22-24(18(15)27)14-8-20-23(2)9-14/h3-9,11,25H,10H2,1-2H3,(H,21,26)/t11-/m0/s1/i7D. The first-order valence-electron chi connectivity index (χ1n) is 8.62. The summed E-state index contributed by atoms with van der Waals surface area (Å²) in [7, 11) is 1.68. The molecule has 0 saturated heterocycles. The van der Waals surface area contributed by atoms with E-state index in [4.69, 9.17) is 13.0 Å². The number of nitrogens with zero attached hydrogens (tertiary/aromatic N) is 4. The van der Waals surface area contributed by atoms with E-state index in [1.165, 1.54) is 10.9 Å². The summed E-state index contributed by atoms with van der Waals surface area (Å²) in [5.41, 5.74) is -0.104. The van der Waals surface area contributed by atoms with Gasteiger partial charge in [0.15, 0.2) is 0 Å². The lowest BCUT2D eigenvalue weighted by molar-refractivity contribution is 0.0920. The van der Waals surface area contributed by atoms with Crippen LogP contribution < -0.4 is 10.9 Å². The molecular formula is C18H18ClN5O3. The third kappa shape index (κ3) is 4.07. The first-order valence-corrected chi connectivity index (χ1v) is 8.50. The Hall–Kier alpha value is -2.97. The number of aryl methyl sites for hydroxylation is 1. The largest absolute Gasteiger partial charge is 0.394 e. The van der Waals surface area contributed by atoms with Gasteiger partial charge in [-0.3, -0.25) is 14.3 Å². The number of benzene rings is 1. The molecule has 0 saturated carbocycles. The molecule has 8 nitrogen and oxygen atoms in total. The van der Waals surface area contributed by atoms with Crippen molar-refractivity contribution in [2.45, 2.75) is 13.0 Å². The minimum Gasteiger partial charge on any atom is -0.394 e. The molecule has 2 aromatic heterocycles. The lowest BCUT2D eigenvalue weighted by Crippen LogP contribution is -2.39. The molecular weight excluding hydrogens is 370 g/mol. The minimum absolute atomic E-state index is 0.141. The average Bonchev–Trinajstić information content (AvgIpc) is 3.09. The predicted octanol–water partition coefficient (Wildman–Crippen LogP) is 1.40. The number of hydrogen-bond acceptors (Lipinski definition) is 5. The maximum atomic E-state index is 12.9. The summed E-state index contributed by atoms with van der Waals surface area (Å²) in [6.45, 7) is 1.29. The van der Waals surface area contributed by atoms with E-state index >= 15 is 0 Å². The van der Waals surface area contributed by atoms with Gasteiger partial charge in [-0.25, -0.2) is 0 Å². The fourth-order valence-corrected chi connectivity index (χ4v) is 2.50. The zero-order chi connectivity index (χ0) is 20.4. The van der Waals surface area contributed by atoms with Crippen molar-refractivity contribution >= 4 is 17.5 Å². The molecule has 140 valence electrons. The molecule has 27 heavy (non-hydrogen) atoms. The molecule has 9 heteroatoms. The first kappa shape index (κ1) is 17.4. The van der Waals surface area contributed by atoms with Crippen LogP contribution >= 0.6 is 11.6 Å². The van der Waals surface area contributed by atoms with Gasteiger partial charge in [0.25, 0.3) is 11.5 Å². The number of nitrogens with one attached hydrogen (secondary N) is 1. The van der Waals surface area contributed by atoms with Crippen molar-refractivity contribution in [3.05, 3.63) is 63.6 Å². The Kier molecular flexibility index (Phi) is 4.99. The maximum Gasteiger partial charge on any atom is 0.284 e. The number of hydrogen-bond donors (Lipinski definition) is 2. The fraction of sp³-hybridized carbons (Fsp3) is 0.222. The Morgan fingerprint density at radius 1 is 1.41 bits per heavy atom. The van der Waals surface area contributed by atoms with Crippen molar-refractivity contribution in [1.82, 2.24) is 24.9 Å². The van der Waals surface area contributed by atoms with Crippen LogP contribution in [0.3, 0.4) is 0 Å². The second-order valence-corrected chi connectivity index (χ2v) is 6.44. The summed E-state index contributed by atoms with van der Waals surface area (Å²) in [5.74, 6) is -0.758. The summed E-state index contributed by atoms with van der Waals surface area (Å²) >= 11 is 5.93. The molecule has 1 atom stereocenters. The van der Waals surface area contributed by atoms with Crippen LogP contribution in [0.25, 0.3) is 16.9 Å². The zero-order valence-electron chi connectivity index (χ0n) is 15.7. The van der Waals surface area contributed by atoms with Crippen molar-refractivity contribution in [2.24, 2.45) is 7.05 Å². The van der Waals surface area contributed by atoms with Crippen LogP contribution in [-0.2, 0) is 7.05 Å². The number of amides is 1. The van der Waals surface area contributed by atoms with E-state index in [1.807, 2.05) is 0 Å². The van der Waals surface area contributed by atoms with E-state index in [1.54, 1.807) is 44.4 Å². The normalized spacial score (nSPS) is 12.5. The molecule has 0 aliphatic rings. The van der Waals surface area contributed by atoms with Gasteiger partial charge >= 0.3 is 0 Å². The van der Waals surface area contributed by atoms with Crippen LogP contribution in [0.4, 0.5) is 0 Å². The van der Waals surface area contributed by atoms with E-state index in [0.717, 1.165) is 4.68 Å². The van der Waals surface area contributed by atoms with Gasteiger partial charge in [0.2, 0.25) is 0 Å². The van der Waals surface area contributed by atoms with Crippen LogP contribution in [0.1, 0.15) is 18.7 Å². The molecule has 0 fully saturated rings. The van der Waals surface area contributed by atoms with Crippen LogP contribution in [-0.4, -0.2) is 43.2 Å². The summed E-state index contributed by atoms with van der Waals surface area (Å²) in [6, 6.07) is 5.67. The van der Waals surface area contributed by atoms with Crippen molar-refractivity contribution < 1.29 is 11.3 Å². The number of aliphatic hydroxyl groups excluding tert-OH is 1. The van der Waals surface area contributed by atoms with Gasteiger partial charge in [0.1, 0.15) is 11.3 Å². The van der Waals surface area contributed by atoms with Crippen molar-refractivity contribution in [3.63, 3.8) is 0 Å². The third-order valence-electron chi connectivity index (χ3n) is 3.78. The average molecular weight is 389 g/mol. The molecule has 0 aliphatic heterocycles. The number of carbonyl (C=O) groups is 1. The molecule has 3 rings (SSSR count). The highest BCUT2D eigenvalue weighted by atomic mass is 35.5. The zero-order valence-corrected chi connectivity index (χ0v) is 15.4. The van der Waals surface area contributed by atoms with Gasteiger partial charge < -0.3 is 10.4 Å². The molecule has 0 bridgehead atoms. The van der Waals surface area contributed by atoms with E-state index in [-0.39, 0.29) is 23.9 Å². The molecule has 1 amide bonds. The number of aromatic nitrogens is 4. The van der Waals surface area contributed by atoms with Gasteiger partial charge in [-0.1, -0.05) is 23.7 Å².